The van der Waals surface area contributed by atoms with Crippen molar-refractivity contribution in [3.63, 3.8) is 0 Å². The summed E-state index contributed by atoms with van der Waals surface area (Å²) in [6, 6.07) is 0. The summed E-state index contributed by atoms with van der Waals surface area (Å²) < 4.78 is 10.8. The van der Waals surface area contributed by atoms with Crippen LogP contribution in [0.4, 0.5) is 0 Å². The van der Waals surface area contributed by atoms with Crippen molar-refractivity contribution >= 4 is 0 Å². The van der Waals surface area contributed by atoms with Gasteiger partial charge in [-0.25, -0.2) is 0 Å². The van der Waals surface area contributed by atoms with Crippen LogP contribution in [0.15, 0.2) is 0 Å². The number of aliphatic hydroxyl groups is 1. The normalized spacial score (nSPS) is 13.2. The molecule has 0 bridgehead atoms. The lowest BCUT2D eigenvalue weighted by Gasteiger charge is -2.13. The minimum atomic E-state index is -0.427. The molecule has 0 aromatic carbocycles. The van der Waals surface area contributed by atoms with Gasteiger partial charge in [-0.3, -0.25) is 0 Å². The predicted molar refractivity (Wildman–Crippen MR) is 74.0 cm³/mol. The number of aliphatic hydroxyl groups excluding tert-OH is 1. The second-order valence-corrected chi connectivity index (χ2v) is 4.70. The number of likely N-dealkylation sites (N-methyl/N-ethyl adjacent to an activating group) is 1. The molecule has 0 spiro atoms. The second kappa shape index (κ2) is 13.2. The van der Waals surface area contributed by atoms with Crippen LogP contribution in [0.5, 0.6) is 0 Å². The first kappa shape index (κ1) is 17.8. The predicted octanol–water partition coefficient (Wildman–Crippen LogP) is 0.332. The van der Waals surface area contributed by atoms with E-state index in [1.807, 2.05) is 14.1 Å². The van der Waals surface area contributed by atoms with Gasteiger partial charge in [0.05, 0.1) is 25.9 Å². The number of unbranched alkanes of at least 4 members (excludes halogenated alkanes) is 1. The van der Waals surface area contributed by atoms with Crippen LogP contribution in [0, 0.1) is 0 Å². The zero-order chi connectivity index (χ0) is 13.6. The maximum absolute atomic E-state index is 9.59. The molecule has 0 radical (unpaired) electrons. The summed E-state index contributed by atoms with van der Waals surface area (Å²) in [7, 11) is 4.05. The van der Waals surface area contributed by atoms with E-state index in [0.717, 1.165) is 39.1 Å². The van der Waals surface area contributed by atoms with Gasteiger partial charge in [-0.2, -0.15) is 0 Å². The van der Waals surface area contributed by atoms with Gasteiger partial charge in [-0.15, -0.1) is 0 Å². The average molecular weight is 262 g/mol. The highest BCUT2D eigenvalue weighted by Crippen LogP contribution is 1.90. The molecule has 0 fully saturated rings. The number of rotatable bonds is 13. The van der Waals surface area contributed by atoms with Crippen molar-refractivity contribution in [3.8, 4) is 0 Å². The zero-order valence-corrected chi connectivity index (χ0v) is 12.2. The van der Waals surface area contributed by atoms with Gasteiger partial charge in [0.1, 0.15) is 0 Å². The highest BCUT2D eigenvalue weighted by atomic mass is 16.5. The van der Waals surface area contributed by atoms with E-state index in [-0.39, 0.29) is 0 Å². The Bertz CT molecular complexity index is 168. The van der Waals surface area contributed by atoms with E-state index >= 15 is 0 Å². The summed E-state index contributed by atoms with van der Waals surface area (Å²) in [4.78, 5) is 2.09. The minimum absolute atomic E-state index is 0.411. The van der Waals surface area contributed by atoms with Gasteiger partial charge in [0.15, 0.2) is 0 Å². The molecule has 0 aromatic heterocycles. The summed E-state index contributed by atoms with van der Waals surface area (Å²) in [5.74, 6) is 0. The zero-order valence-electron chi connectivity index (χ0n) is 12.2. The maximum Gasteiger partial charge on any atom is 0.0897 e. The molecule has 1 unspecified atom stereocenters. The van der Waals surface area contributed by atoms with Crippen molar-refractivity contribution in [2.24, 2.45) is 0 Å². The summed E-state index contributed by atoms with van der Waals surface area (Å²) in [6.07, 6.45) is 1.75. The second-order valence-electron chi connectivity index (χ2n) is 4.70. The quantitative estimate of drug-likeness (QED) is 0.469. The summed E-state index contributed by atoms with van der Waals surface area (Å²) >= 11 is 0. The highest BCUT2D eigenvalue weighted by molar-refractivity contribution is 4.58. The number of hydrogen-bond donors (Lipinski definition) is 2. The van der Waals surface area contributed by atoms with Crippen LogP contribution in [0.1, 0.15) is 19.8 Å². The Kier molecular flexibility index (Phi) is 13.1. The van der Waals surface area contributed by atoms with Gasteiger partial charge in [0.2, 0.25) is 0 Å². The van der Waals surface area contributed by atoms with Gasteiger partial charge in [0.25, 0.3) is 0 Å². The monoisotopic (exact) mass is 262 g/mol. The smallest absolute Gasteiger partial charge is 0.0897 e. The van der Waals surface area contributed by atoms with Crippen molar-refractivity contribution in [2.45, 2.75) is 25.9 Å². The van der Waals surface area contributed by atoms with Gasteiger partial charge >= 0.3 is 0 Å². The van der Waals surface area contributed by atoms with Crippen molar-refractivity contribution in [3.05, 3.63) is 0 Å². The van der Waals surface area contributed by atoms with E-state index in [0.29, 0.717) is 19.8 Å². The molecule has 5 nitrogen and oxygen atoms in total. The lowest BCUT2D eigenvalue weighted by Crippen LogP contribution is -2.32. The van der Waals surface area contributed by atoms with Crippen molar-refractivity contribution in [1.29, 1.82) is 0 Å². The molecule has 0 heterocycles. The molecule has 2 N–H and O–H groups in total. The number of nitrogens with one attached hydrogen (secondary N) is 1. The molecule has 0 aliphatic rings. The van der Waals surface area contributed by atoms with Crippen LogP contribution in [0.3, 0.4) is 0 Å². The Balaban J connectivity index is 3.12. The Morgan fingerprint density at radius 3 is 2.61 bits per heavy atom. The molecule has 110 valence electrons. The Morgan fingerprint density at radius 2 is 1.94 bits per heavy atom. The average Bonchev–Trinajstić information content (AvgIpc) is 2.33. The van der Waals surface area contributed by atoms with Crippen molar-refractivity contribution in [1.82, 2.24) is 10.2 Å². The molecular formula is C13H30N2O3. The third-order valence-corrected chi connectivity index (χ3v) is 2.44. The fourth-order valence-electron chi connectivity index (χ4n) is 1.29. The van der Waals surface area contributed by atoms with Crippen LogP contribution in [-0.4, -0.2) is 76.3 Å². The number of hydrogen-bond acceptors (Lipinski definition) is 5. The lowest BCUT2D eigenvalue weighted by molar-refractivity contribution is 0.0345. The van der Waals surface area contributed by atoms with Gasteiger partial charge in [0, 0.05) is 26.2 Å². The fourth-order valence-corrected chi connectivity index (χ4v) is 1.29. The molecule has 0 saturated heterocycles. The third kappa shape index (κ3) is 13.9. The summed E-state index contributed by atoms with van der Waals surface area (Å²) in [5, 5.41) is 12.7. The molecule has 18 heavy (non-hydrogen) atoms. The van der Waals surface area contributed by atoms with E-state index in [9.17, 15) is 5.11 Å². The first-order chi connectivity index (χ1) is 8.66. The van der Waals surface area contributed by atoms with Crippen LogP contribution in [0.25, 0.3) is 0 Å². The van der Waals surface area contributed by atoms with Crippen LogP contribution in [0.2, 0.25) is 0 Å². The molecule has 0 rings (SSSR count). The van der Waals surface area contributed by atoms with E-state index < -0.39 is 6.10 Å². The molecule has 1 atom stereocenters. The first-order valence-electron chi connectivity index (χ1n) is 6.85. The number of nitrogens with zero attached hydrogens (tertiary/aromatic N) is 1. The Morgan fingerprint density at radius 1 is 1.17 bits per heavy atom. The third-order valence-electron chi connectivity index (χ3n) is 2.44. The van der Waals surface area contributed by atoms with E-state index in [4.69, 9.17) is 9.47 Å². The van der Waals surface area contributed by atoms with Crippen LogP contribution in [-0.2, 0) is 9.47 Å². The molecule has 0 aliphatic carbocycles. The van der Waals surface area contributed by atoms with Crippen molar-refractivity contribution in [2.75, 3.05) is 60.2 Å². The number of ether oxygens (including phenoxy) is 2. The van der Waals surface area contributed by atoms with E-state index in [1.165, 1.54) is 0 Å². The maximum atomic E-state index is 9.59. The lowest BCUT2D eigenvalue weighted by atomic mass is 10.3. The molecule has 0 aromatic rings. The van der Waals surface area contributed by atoms with Crippen molar-refractivity contribution < 1.29 is 14.6 Å². The van der Waals surface area contributed by atoms with Crippen LogP contribution >= 0.6 is 0 Å². The molecule has 0 aliphatic heterocycles. The summed E-state index contributed by atoms with van der Waals surface area (Å²) in [5.41, 5.74) is 0. The highest BCUT2D eigenvalue weighted by Gasteiger charge is 2.02. The van der Waals surface area contributed by atoms with Gasteiger partial charge in [-0.1, -0.05) is 13.3 Å². The molecule has 0 saturated carbocycles. The molecular weight excluding hydrogens is 232 g/mol. The topological polar surface area (TPSA) is 54.0 Å². The standard InChI is InChI=1S/C13H30N2O3/c1-4-5-8-18-12-13(16)11-14-6-9-17-10-7-15(2)3/h13-14,16H,4-12H2,1-3H3. The first-order valence-corrected chi connectivity index (χ1v) is 6.85. The molecule has 5 heteroatoms. The Hall–Kier alpha value is -0.200. The SMILES string of the molecule is CCCCOCC(O)CNCCOCCN(C)C. The Labute approximate surface area is 111 Å². The van der Waals surface area contributed by atoms with E-state index in [1.54, 1.807) is 0 Å². The van der Waals surface area contributed by atoms with Gasteiger partial charge in [-0.05, 0) is 20.5 Å². The van der Waals surface area contributed by atoms with E-state index in [2.05, 4.69) is 17.1 Å². The molecule has 0 amide bonds. The fraction of sp³-hybridized carbons (Fsp3) is 1.00. The summed E-state index contributed by atoms with van der Waals surface area (Å²) in [6.45, 7) is 6.96. The minimum Gasteiger partial charge on any atom is -0.389 e. The largest absolute Gasteiger partial charge is 0.389 e. The van der Waals surface area contributed by atoms with Crippen LogP contribution < -0.4 is 5.32 Å². The van der Waals surface area contributed by atoms with Gasteiger partial charge < -0.3 is 24.8 Å².